The molecule has 0 amide bonds. The van der Waals surface area contributed by atoms with Gasteiger partial charge in [-0.3, -0.25) is 0 Å². The van der Waals surface area contributed by atoms with Crippen LogP contribution in [0.15, 0.2) is 0 Å². The molecular formula is C17H36N2O. The summed E-state index contributed by atoms with van der Waals surface area (Å²) in [5.74, 6) is 0.844. The van der Waals surface area contributed by atoms with E-state index >= 15 is 0 Å². The zero-order valence-corrected chi connectivity index (χ0v) is 14.1. The summed E-state index contributed by atoms with van der Waals surface area (Å²) in [6.07, 6.45) is 8.89. The maximum atomic E-state index is 9.59. The minimum absolute atomic E-state index is 0.102. The highest BCUT2D eigenvalue weighted by Gasteiger charge is 2.26. The summed E-state index contributed by atoms with van der Waals surface area (Å²) in [6, 6.07) is 0.771. The highest BCUT2D eigenvalue weighted by molar-refractivity contribution is 4.84. The van der Waals surface area contributed by atoms with Gasteiger partial charge < -0.3 is 15.3 Å². The number of aliphatic hydroxyl groups excluding tert-OH is 1. The van der Waals surface area contributed by atoms with Gasteiger partial charge in [-0.15, -0.1) is 0 Å². The molecule has 3 atom stereocenters. The van der Waals surface area contributed by atoms with Crippen LogP contribution in [0.1, 0.15) is 65.7 Å². The van der Waals surface area contributed by atoms with Gasteiger partial charge in [-0.1, -0.05) is 26.7 Å². The van der Waals surface area contributed by atoms with Gasteiger partial charge in [0.05, 0.1) is 6.61 Å². The lowest BCUT2D eigenvalue weighted by atomic mass is 9.85. The molecule has 0 aromatic rings. The molecule has 0 bridgehead atoms. The third-order valence-corrected chi connectivity index (χ3v) is 5.02. The first kappa shape index (κ1) is 17.9. The third kappa shape index (κ3) is 5.71. The van der Waals surface area contributed by atoms with Gasteiger partial charge in [0.15, 0.2) is 0 Å². The zero-order chi connectivity index (χ0) is 15.0. The van der Waals surface area contributed by atoms with E-state index in [1.807, 2.05) is 0 Å². The second-order valence-corrected chi connectivity index (χ2v) is 7.06. The molecule has 1 fully saturated rings. The molecule has 0 aromatic heterocycles. The van der Waals surface area contributed by atoms with Gasteiger partial charge in [0, 0.05) is 11.6 Å². The number of hydrogen-bond acceptors (Lipinski definition) is 3. The van der Waals surface area contributed by atoms with E-state index < -0.39 is 0 Å². The van der Waals surface area contributed by atoms with E-state index in [0.717, 1.165) is 44.3 Å². The second-order valence-electron chi connectivity index (χ2n) is 7.06. The van der Waals surface area contributed by atoms with Crippen LogP contribution in [0, 0.1) is 5.92 Å². The normalized spacial score (nSPS) is 26.7. The molecule has 1 aliphatic rings. The molecule has 1 saturated carbocycles. The van der Waals surface area contributed by atoms with Crippen LogP contribution in [0.4, 0.5) is 0 Å². The van der Waals surface area contributed by atoms with Crippen LogP contribution >= 0.6 is 0 Å². The van der Waals surface area contributed by atoms with Crippen molar-refractivity contribution in [1.29, 1.82) is 0 Å². The summed E-state index contributed by atoms with van der Waals surface area (Å²) in [7, 11) is 2.28. The molecule has 0 saturated heterocycles. The fourth-order valence-corrected chi connectivity index (χ4v) is 3.49. The smallest absolute Gasteiger partial charge is 0.0610 e. The molecule has 0 heterocycles. The van der Waals surface area contributed by atoms with Crippen molar-refractivity contribution in [2.45, 2.75) is 77.3 Å². The second kappa shape index (κ2) is 9.01. The lowest BCUT2D eigenvalue weighted by Gasteiger charge is -2.37. The molecule has 0 aromatic carbocycles. The Labute approximate surface area is 126 Å². The zero-order valence-electron chi connectivity index (χ0n) is 14.1. The van der Waals surface area contributed by atoms with Gasteiger partial charge in [0.25, 0.3) is 0 Å². The van der Waals surface area contributed by atoms with E-state index in [2.05, 4.69) is 38.0 Å². The molecule has 20 heavy (non-hydrogen) atoms. The standard InChI is InChI=1S/C17H36N2O/c1-5-12-18-17(3,14-20)11-8-13-19(4)16-10-7-6-9-15(16)2/h15-16,18,20H,5-14H2,1-4H3. The van der Waals surface area contributed by atoms with Crippen molar-refractivity contribution in [3.8, 4) is 0 Å². The van der Waals surface area contributed by atoms with Gasteiger partial charge >= 0.3 is 0 Å². The van der Waals surface area contributed by atoms with E-state index in [1.54, 1.807) is 0 Å². The van der Waals surface area contributed by atoms with Gasteiger partial charge in [0.1, 0.15) is 0 Å². The van der Waals surface area contributed by atoms with Crippen LogP contribution in [-0.4, -0.2) is 48.3 Å². The Balaban J connectivity index is 2.30. The van der Waals surface area contributed by atoms with Crippen LogP contribution in [0.5, 0.6) is 0 Å². The Morgan fingerprint density at radius 3 is 2.60 bits per heavy atom. The lowest BCUT2D eigenvalue weighted by molar-refractivity contribution is 0.123. The molecule has 1 rings (SSSR count). The first-order valence-electron chi connectivity index (χ1n) is 8.58. The van der Waals surface area contributed by atoms with Crippen molar-refractivity contribution in [1.82, 2.24) is 10.2 Å². The van der Waals surface area contributed by atoms with E-state index in [-0.39, 0.29) is 12.1 Å². The van der Waals surface area contributed by atoms with Crippen LogP contribution in [0.25, 0.3) is 0 Å². The van der Waals surface area contributed by atoms with Gasteiger partial charge in [-0.25, -0.2) is 0 Å². The highest BCUT2D eigenvalue weighted by atomic mass is 16.3. The van der Waals surface area contributed by atoms with Gasteiger partial charge in [-0.05, 0) is 65.1 Å². The minimum atomic E-state index is -0.102. The summed E-state index contributed by atoms with van der Waals surface area (Å²) < 4.78 is 0. The average Bonchev–Trinajstić information content (AvgIpc) is 2.45. The number of nitrogens with zero attached hydrogens (tertiary/aromatic N) is 1. The molecule has 3 unspecified atom stereocenters. The molecule has 3 nitrogen and oxygen atoms in total. The van der Waals surface area contributed by atoms with Crippen molar-refractivity contribution < 1.29 is 5.11 Å². The Kier molecular flexibility index (Phi) is 8.08. The van der Waals surface area contributed by atoms with Gasteiger partial charge in [0.2, 0.25) is 0 Å². The highest BCUT2D eigenvalue weighted by Crippen LogP contribution is 2.27. The summed E-state index contributed by atoms with van der Waals surface area (Å²) in [6.45, 7) is 9.09. The fraction of sp³-hybridized carbons (Fsp3) is 1.00. The van der Waals surface area contributed by atoms with Crippen molar-refractivity contribution in [3.05, 3.63) is 0 Å². The largest absolute Gasteiger partial charge is 0.394 e. The van der Waals surface area contributed by atoms with Crippen LogP contribution in [-0.2, 0) is 0 Å². The van der Waals surface area contributed by atoms with Crippen LogP contribution in [0.2, 0.25) is 0 Å². The molecular weight excluding hydrogens is 248 g/mol. The lowest BCUT2D eigenvalue weighted by Crippen LogP contribution is -2.47. The average molecular weight is 284 g/mol. The first-order valence-corrected chi connectivity index (χ1v) is 8.58. The maximum absolute atomic E-state index is 9.59. The maximum Gasteiger partial charge on any atom is 0.0610 e. The van der Waals surface area contributed by atoms with E-state index in [0.29, 0.717) is 0 Å². The predicted molar refractivity (Wildman–Crippen MR) is 87.1 cm³/mol. The number of aliphatic hydroxyl groups is 1. The van der Waals surface area contributed by atoms with E-state index in [1.165, 1.54) is 25.7 Å². The molecule has 0 radical (unpaired) electrons. The molecule has 0 spiro atoms. The predicted octanol–water partition coefficient (Wildman–Crippen LogP) is 3.03. The number of hydrogen-bond donors (Lipinski definition) is 2. The molecule has 2 N–H and O–H groups in total. The summed E-state index contributed by atoms with van der Waals surface area (Å²) in [5.41, 5.74) is -0.102. The van der Waals surface area contributed by atoms with Crippen LogP contribution in [0.3, 0.4) is 0 Å². The molecule has 3 heteroatoms. The Hall–Kier alpha value is -0.120. The van der Waals surface area contributed by atoms with Crippen LogP contribution < -0.4 is 5.32 Å². The fourth-order valence-electron chi connectivity index (χ4n) is 3.49. The molecule has 120 valence electrons. The quantitative estimate of drug-likeness (QED) is 0.683. The topological polar surface area (TPSA) is 35.5 Å². The van der Waals surface area contributed by atoms with E-state index in [9.17, 15) is 5.11 Å². The monoisotopic (exact) mass is 284 g/mol. The Morgan fingerprint density at radius 1 is 1.30 bits per heavy atom. The number of rotatable bonds is 9. The Bertz CT molecular complexity index is 259. The summed E-state index contributed by atoms with van der Waals surface area (Å²) >= 11 is 0. The minimum Gasteiger partial charge on any atom is -0.394 e. The van der Waals surface area contributed by atoms with Crippen molar-refractivity contribution >= 4 is 0 Å². The van der Waals surface area contributed by atoms with Crippen molar-refractivity contribution in [3.63, 3.8) is 0 Å². The van der Waals surface area contributed by atoms with Gasteiger partial charge in [-0.2, -0.15) is 0 Å². The summed E-state index contributed by atoms with van der Waals surface area (Å²) in [5, 5.41) is 13.1. The van der Waals surface area contributed by atoms with Crippen molar-refractivity contribution in [2.24, 2.45) is 5.92 Å². The Morgan fingerprint density at radius 2 is 2.00 bits per heavy atom. The molecule has 0 aliphatic heterocycles. The molecule has 1 aliphatic carbocycles. The van der Waals surface area contributed by atoms with E-state index in [4.69, 9.17) is 0 Å². The number of nitrogens with one attached hydrogen (secondary N) is 1. The summed E-state index contributed by atoms with van der Waals surface area (Å²) in [4.78, 5) is 2.56. The third-order valence-electron chi connectivity index (χ3n) is 5.02. The first-order chi connectivity index (χ1) is 9.52. The SMILES string of the molecule is CCCNC(C)(CO)CCCN(C)C1CCCCC1C. The van der Waals surface area contributed by atoms with Crippen molar-refractivity contribution in [2.75, 3.05) is 26.7 Å².